The lowest BCUT2D eigenvalue weighted by Gasteiger charge is -2.29. The highest BCUT2D eigenvalue weighted by atomic mass is 32.1. The van der Waals surface area contributed by atoms with Crippen LogP contribution in [0.15, 0.2) is 60.7 Å². The molecule has 1 aromatic heterocycles. The fourth-order valence-electron chi connectivity index (χ4n) is 3.33. The molecule has 0 aliphatic rings. The van der Waals surface area contributed by atoms with E-state index < -0.39 is 5.60 Å². The third-order valence-corrected chi connectivity index (χ3v) is 5.87. The molecule has 0 aliphatic carbocycles. The molecule has 0 radical (unpaired) electrons. The van der Waals surface area contributed by atoms with Crippen LogP contribution in [0.4, 0.5) is 0 Å². The number of benzene rings is 2. The Bertz CT molecular complexity index is 1090. The number of aromatic hydroxyl groups is 1. The molecular weight excluding hydrogens is 420 g/mol. The normalized spacial score (nSPS) is 10.7. The molecule has 0 fully saturated rings. The van der Waals surface area contributed by atoms with Crippen LogP contribution in [-0.4, -0.2) is 23.4 Å². The van der Waals surface area contributed by atoms with E-state index in [0.717, 1.165) is 22.5 Å². The van der Waals surface area contributed by atoms with E-state index in [0.29, 0.717) is 42.4 Å². The molecule has 32 heavy (non-hydrogen) atoms. The van der Waals surface area contributed by atoms with Gasteiger partial charge in [-0.25, -0.2) is 0 Å². The second-order valence-corrected chi connectivity index (χ2v) is 8.15. The van der Waals surface area contributed by atoms with Crippen LogP contribution in [0, 0.1) is 23.7 Å². The van der Waals surface area contributed by atoms with Gasteiger partial charge in [0.2, 0.25) is 0 Å². The molecule has 0 unspecified atom stereocenters. The Labute approximate surface area is 193 Å². The van der Waals surface area contributed by atoms with Crippen LogP contribution in [-0.2, 0) is 28.3 Å². The quantitative estimate of drug-likeness (QED) is 0.366. The van der Waals surface area contributed by atoms with Crippen LogP contribution < -0.4 is 0 Å². The van der Waals surface area contributed by atoms with Gasteiger partial charge in [0.25, 0.3) is 0 Å². The van der Waals surface area contributed by atoms with E-state index in [4.69, 9.17) is 9.47 Å². The van der Waals surface area contributed by atoms with Gasteiger partial charge in [-0.15, -0.1) is 23.2 Å². The number of aliphatic hydroxyl groups is 1. The molecule has 2 aromatic carbocycles. The zero-order chi connectivity index (χ0) is 22.8. The number of hydrogen-bond acceptors (Lipinski definition) is 5. The van der Waals surface area contributed by atoms with Crippen LogP contribution in [0.5, 0.6) is 5.06 Å². The molecule has 164 valence electrons. The molecule has 3 aromatic rings. The highest BCUT2D eigenvalue weighted by Gasteiger charge is 2.36. The Hall–Kier alpha value is -3.06. The lowest BCUT2D eigenvalue weighted by Crippen LogP contribution is -2.28. The minimum Gasteiger partial charge on any atom is -0.499 e. The predicted octanol–water partition coefficient (Wildman–Crippen LogP) is 4.82. The average Bonchev–Trinajstić information content (AvgIpc) is 3.26. The summed E-state index contributed by atoms with van der Waals surface area (Å²) >= 11 is 1.15. The Morgan fingerprint density at radius 2 is 1.34 bits per heavy atom. The highest BCUT2D eigenvalue weighted by molar-refractivity contribution is 7.13. The molecule has 0 bridgehead atoms. The minimum atomic E-state index is -1.44. The number of rotatable bonds is 9. The van der Waals surface area contributed by atoms with Crippen molar-refractivity contribution in [3.63, 3.8) is 0 Å². The average molecular weight is 447 g/mol. The van der Waals surface area contributed by atoms with Crippen molar-refractivity contribution >= 4 is 11.3 Å². The number of thiophene rings is 1. The summed E-state index contributed by atoms with van der Waals surface area (Å²) in [5, 5.41) is 22.2. The van der Waals surface area contributed by atoms with Gasteiger partial charge in [-0.3, -0.25) is 0 Å². The third kappa shape index (κ3) is 5.79. The molecule has 0 amide bonds. The molecule has 0 spiro atoms. The minimum absolute atomic E-state index is 0.147. The molecule has 1 heterocycles. The van der Waals surface area contributed by atoms with Gasteiger partial charge in [0.15, 0.2) is 5.06 Å². The summed E-state index contributed by atoms with van der Waals surface area (Å²) in [4.78, 5) is 0.625. The fourth-order valence-corrected chi connectivity index (χ4v) is 4.21. The molecule has 2 N–H and O–H groups in total. The van der Waals surface area contributed by atoms with Gasteiger partial charge in [-0.1, -0.05) is 48.2 Å². The fraction of sp³-hybridized carbons (Fsp3) is 0.259. The van der Waals surface area contributed by atoms with Gasteiger partial charge in [-0.05, 0) is 60.4 Å². The van der Waals surface area contributed by atoms with Gasteiger partial charge >= 0.3 is 0 Å². The Morgan fingerprint density at radius 1 is 0.812 bits per heavy atom. The van der Waals surface area contributed by atoms with Crippen molar-refractivity contribution in [2.24, 2.45) is 0 Å². The zero-order valence-corrected chi connectivity index (χ0v) is 19.0. The SMILES string of the molecule is CC#CCOCc1cccc(C(O)(c2cccc(COCC#CC)c2)c2ccc(O)s2)c1. The van der Waals surface area contributed by atoms with Gasteiger partial charge in [-0.2, -0.15) is 0 Å². The first-order chi connectivity index (χ1) is 15.6. The largest absolute Gasteiger partial charge is 0.499 e. The first kappa shape index (κ1) is 23.6. The predicted molar refractivity (Wildman–Crippen MR) is 127 cm³/mol. The Morgan fingerprint density at radius 3 is 1.78 bits per heavy atom. The second-order valence-electron chi connectivity index (χ2n) is 7.09. The van der Waals surface area contributed by atoms with Gasteiger partial charge in [0.05, 0.1) is 13.2 Å². The van der Waals surface area contributed by atoms with Gasteiger partial charge in [0, 0.05) is 4.88 Å². The molecular formula is C27H26O4S. The summed E-state index contributed by atoms with van der Waals surface area (Å²) in [6.07, 6.45) is 0. The van der Waals surface area contributed by atoms with E-state index in [-0.39, 0.29) is 5.06 Å². The van der Waals surface area contributed by atoms with Crippen LogP contribution in [0.2, 0.25) is 0 Å². The van der Waals surface area contributed by atoms with Crippen molar-refractivity contribution in [1.82, 2.24) is 0 Å². The van der Waals surface area contributed by atoms with Crippen molar-refractivity contribution in [3.8, 4) is 28.7 Å². The van der Waals surface area contributed by atoms with Gasteiger partial charge < -0.3 is 19.7 Å². The van der Waals surface area contributed by atoms with Crippen molar-refractivity contribution in [3.05, 3.63) is 87.8 Å². The van der Waals surface area contributed by atoms with Crippen molar-refractivity contribution in [2.45, 2.75) is 32.7 Å². The maximum atomic E-state index is 12.1. The first-order valence-corrected chi connectivity index (χ1v) is 11.0. The number of ether oxygens (including phenoxy) is 2. The molecule has 0 saturated heterocycles. The van der Waals surface area contributed by atoms with Crippen LogP contribution in [0.1, 0.15) is 41.0 Å². The summed E-state index contributed by atoms with van der Waals surface area (Å²) in [7, 11) is 0. The van der Waals surface area contributed by atoms with Crippen LogP contribution in [0.25, 0.3) is 0 Å². The van der Waals surface area contributed by atoms with Crippen LogP contribution in [0.3, 0.4) is 0 Å². The topological polar surface area (TPSA) is 58.9 Å². The summed E-state index contributed by atoms with van der Waals surface area (Å²) in [5.74, 6) is 11.4. The molecule has 0 saturated carbocycles. The number of hydrogen-bond donors (Lipinski definition) is 2. The lowest BCUT2D eigenvalue weighted by molar-refractivity contribution is 0.127. The summed E-state index contributed by atoms with van der Waals surface area (Å²) in [5.41, 5.74) is 1.80. The van der Waals surface area contributed by atoms with E-state index in [1.54, 1.807) is 26.0 Å². The van der Waals surface area contributed by atoms with Gasteiger partial charge in [0.1, 0.15) is 18.8 Å². The summed E-state index contributed by atoms with van der Waals surface area (Å²) < 4.78 is 11.2. The molecule has 5 heteroatoms. The molecule has 0 atom stereocenters. The summed E-state index contributed by atoms with van der Waals surface area (Å²) in [6, 6.07) is 18.7. The molecule has 0 aliphatic heterocycles. The van der Waals surface area contributed by atoms with E-state index in [1.165, 1.54) is 0 Å². The van der Waals surface area contributed by atoms with Crippen LogP contribution >= 0.6 is 11.3 Å². The Balaban J connectivity index is 1.97. The third-order valence-electron chi connectivity index (χ3n) is 4.88. The smallest absolute Gasteiger partial charge is 0.171 e. The zero-order valence-electron chi connectivity index (χ0n) is 18.2. The van der Waals surface area contributed by atoms with E-state index >= 15 is 0 Å². The van der Waals surface area contributed by atoms with Crippen molar-refractivity contribution in [2.75, 3.05) is 13.2 Å². The molecule has 3 rings (SSSR count). The monoisotopic (exact) mass is 446 g/mol. The van der Waals surface area contributed by atoms with E-state index in [2.05, 4.69) is 23.7 Å². The maximum absolute atomic E-state index is 12.1. The van der Waals surface area contributed by atoms with E-state index in [1.807, 2.05) is 48.5 Å². The van der Waals surface area contributed by atoms with Crippen molar-refractivity contribution in [1.29, 1.82) is 0 Å². The van der Waals surface area contributed by atoms with Crippen molar-refractivity contribution < 1.29 is 19.7 Å². The lowest BCUT2D eigenvalue weighted by atomic mass is 9.83. The maximum Gasteiger partial charge on any atom is 0.171 e. The first-order valence-electron chi connectivity index (χ1n) is 10.2. The standard InChI is InChI=1S/C27H26O4S/c1-3-5-15-30-19-21-9-7-11-23(17-21)27(29,25-13-14-26(28)32-25)24-12-8-10-22(18-24)20-31-16-6-4-2/h7-14,17-18,28-29H,15-16,19-20H2,1-2H3. The summed E-state index contributed by atoms with van der Waals surface area (Å²) in [6.45, 7) is 5.04. The van der Waals surface area contributed by atoms with E-state index in [9.17, 15) is 10.2 Å². The second kappa shape index (κ2) is 11.5. The highest BCUT2D eigenvalue weighted by Crippen LogP contribution is 2.42. The Kier molecular flexibility index (Phi) is 8.50. The molecule has 4 nitrogen and oxygen atoms in total.